The Hall–Kier alpha value is -2.38. The van der Waals surface area contributed by atoms with Gasteiger partial charge < -0.3 is 10.2 Å². The fourth-order valence-electron chi connectivity index (χ4n) is 4.28. The maximum Gasteiger partial charge on any atom is 0.255 e. The molecule has 0 bridgehead atoms. The lowest BCUT2D eigenvalue weighted by molar-refractivity contribution is 0.102. The van der Waals surface area contributed by atoms with Crippen LogP contribution in [0, 0.1) is 11.8 Å². The van der Waals surface area contributed by atoms with E-state index in [1.807, 2.05) is 24.3 Å². The quantitative estimate of drug-likeness (QED) is 0.686. The predicted molar refractivity (Wildman–Crippen MR) is 126 cm³/mol. The van der Waals surface area contributed by atoms with E-state index in [1.54, 1.807) is 16.4 Å². The van der Waals surface area contributed by atoms with Crippen LogP contribution in [0.2, 0.25) is 0 Å². The number of nitrogens with zero attached hydrogens (tertiary/aromatic N) is 2. The Morgan fingerprint density at radius 1 is 0.968 bits per heavy atom. The number of sulfonamides is 1. The van der Waals surface area contributed by atoms with Gasteiger partial charge in [-0.3, -0.25) is 4.79 Å². The van der Waals surface area contributed by atoms with Crippen LogP contribution in [-0.4, -0.2) is 44.8 Å². The van der Waals surface area contributed by atoms with Gasteiger partial charge in [0.1, 0.15) is 0 Å². The molecule has 2 unspecified atom stereocenters. The van der Waals surface area contributed by atoms with Gasteiger partial charge >= 0.3 is 0 Å². The number of rotatable bonds is 7. The molecule has 2 aromatic carbocycles. The molecule has 1 amide bonds. The first-order valence-corrected chi connectivity index (χ1v) is 12.4. The third-order valence-electron chi connectivity index (χ3n) is 5.84. The van der Waals surface area contributed by atoms with E-state index in [0.717, 1.165) is 25.2 Å². The van der Waals surface area contributed by atoms with E-state index in [1.165, 1.54) is 12.1 Å². The van der Waals surface area contributed by atoms with E-state index in [-0.39, 0.29) is 10.8 Å². The Kier molecular flexibility index (Phi) is 7.38. The Morgan fingerprint density at radius 2 is 1.52 bits per heavy atom. The van der Waals surface area contributed by atoms with Crippen molar-refractivity contribution in [3.05, 3.63) is 54.1 Å². The van der Waals surface area contributed by atoms with Crippen LogP contribution in [0.25, 0.3) is 0 Å². The monoisotopic (exact) mass is 443 g/mol. The highest BCUT2D eigenvalue weighted by Crippen LogP contribution is 2.27. The normalized spacial score (nSPS) is 19.7. The molecule has 1 aliphatic rings. The van der Waals surface area contributed by atoms with Crippen molar-refractivity contribution in [3.8, 4) is 0 Å². The summed E-state index contributed by atoms with van der Waals surface area (Å²) in [4.78, 5) is 15.1. The van der Waals surface area contributed by atoms with Crippen LogP contribution in [0.1, 0.15) is 44.5 Å². The lowest BCUT2D eigenvalue weighted by Gasteiger charge is -2.34. The summed E-state index contributed by atoms with van der Waals surface area (Å²) in [7, 11) is -3.55. The van der Waals surface area contributed by atoms with Gasteiger partial charge in [-0.1, -0.05) is 13.8 Å². The average molecular weight is 444 g/mol. The Balaban J connectivity index is 1.69. The topological polar surface area (TPSA) is 69.7 Å². The summed E-state index contributed by atoms with van der Waals surface area (Å²) in [6.07, 6.45) is 1.04. The molecule has 0 aliphatic carbocycles. The number of hydrogen-bond donors (Lipinski definition) is 1. The van der Waals surface area contributed by atoms with Gasteiger partial charge in [0.15, 0.2) is 0 Å². The zero-order valence-corrected chi connectivity index (χ0v) is 19.7. The van der Waals surface area contributed by atoms with E-state index in [2.05, 4.69) is 37.9 Å². The van der Waals surface area contributed by atoms with Crippen molar-refractivity contribution in [1.82, 2.24) is 4.31 Å². The SMILES string of the molecule is CCN(CC)c1ccc(NC(=O)c2ccc(S(=O)(=O)N3CC(C)CC(C)C3)cc2)cc1. The van der Waals surface area contributed by atoms with E-state index < -0.39 is 10.0 Å². The molecule has 31 heavy (non-hydrogen) atoms. The second-order valence-corrected chi connectivity index (χ2v) is 10.4. The predicted octanol–water partition coefficient (Wildman–Crippen LogP) is 4.45. The molecule has 3 rings (SSSR count). The lowest BCUT2D eigenvalue weighted by atomic mass is 9.94. The minimum Gasteiger partial charge on any atom is -0.372 e. The largest absolute Gasteiger partial charge is 0.372 e. The van der Waals surface area contributed by atoms with Crippen molar-refractivity contribution in [1.29, 1.82) is 0 Å². The van der Waals surface area contributed by atoms with Gasteiger partial charge in [-0.05, 0) is 80.6 Å². The van der Waals surface area contributed by atoms with Gasteiger partial charge in [-0.25, -0.2) is 8.42 Å². The Morgan fingerprint density at radius 3 is 2.03 bits per heavy atom. The van der Waals surface area contributed by atoms with Crippen LogP contribution in [-0.2, 0) is 10.0 Å². The molecule has 1 aliphatic heterocycles. The van der Waals surface area contributed by atoms with Crippen molar-refractivity contribution in [2.45, 2.75) is 39.0 Å². The van der Waals surface area contributed by atoms with Crippen molar-refractivity contribution in [3.63, 3.8) is 0 Å². The first-order chi connectivity index (χ1) is 14.7. The molecule has 168 valence electrons. The molecule has 1 saturated heterocycles. The van der Waals surface area contributed by atoms with Gasteiger partial charge in [-0.15, -0.1) is 0 Å². The Bertz CT molecular complexity index is 974. The van der Waals surface area contributed by atoms with Crippen LogP contribution in [0.5, 0.6) is 0 Å². The number of piperidine rings is 1. The second kappa shape index (κ2) is 9.83. The summed E-state index contributed by atoms with van der Waals surface area (Å²) in [6.45, 7) is 11.3. The van der Waals surface area contributed by atoms with Gasteiger partial charge in [-0.2, -0.15) is 4.31 Å². The van der Waals surface area contributed by atoms with Gasteiger partial charge in [0, 0.05) is 43.1 Å². The van der Waals surface area contributed by atoms with Crippen LogP contribution in [0.4, 0.5) is 11.4 Å². The minimum absolute atomic E-state index is 0.230. The van der Waals surface area contributed by atoms with Crippen LogP contribution >= 0.6 is 0 Å². The summed E-state index contributed by atoms with van der Waals surface area (Å²) >= 11 is 0. The zero-order valence-electron chi connectivity index (χ0n) is 18.8. The molecular weight excluding hydrogens is 410 g/mol. The number of amides is 1. The molecule has 6 nitrogen and oxygen atoms in total. The molecule has 7 heteroatoms. The van der Waals surface area contributed by atoms with Crippen molar-refractivity contribution in [2.24, 2.45) is 11.8 Å². The molecule has 1 heterocycles. The molecule has 2 atom stereocenters. The average Bonchev–Trinajstić information content (AvgIpc) is 2.75. The van der Waals surface area contributed by atoms with Crippen molar-refractivity contribution < 1.29 is 13.2 Å². The molecule has 1 fully saturated rings. The second-order valence-electron chi connectivity index (χ2n) is 8.47. The standard InChI is InChI=1S/C24H33N3O3S/c1-5-26(6-2)22-11-9-21(10-12-22)25-24(28)20-7-13-23(14-8-20)31(29,30)27-16-18(3)15-19(4)17-27/h7-14,18-19H,5-6,15-17H2,1-4H3,(H,25,28). The number of carbonyl (C=O) groups is 1. The summed E-state index contributed by atoms with van der Waals surface area (Å²) in [6, 6.07) is 13.9. The van der Waals surface area contributed by atoms with Crippen molar-refractivity contribution >= 4 is 27.3 Å². The molecule has 0 aromatic heterocycles. The lowest BCUT2D eigenvalue weighted by Crippen LogP contribution is -2.42. The zero-order chi connectivity index (χ0) is 22.6. The summed E-state index contributed by atoms with van der Waals surface area (Å²) < 4.78 is 27.6. The highest BCUT2D eigenvalue weighted by molar-refractivity contribution is 7.89. The number of hydrogen-bond acceptors (Lipinski definition) is 4. The molecule has 0 spiro atoms. The van der Waals surface area contributed by atoms with E-state index >= 15 is 0 Å². The smallest absolute Gasteiger partial charge is 0.255 e. The third-order valence-corrected chi connectivity index (χ3v) is 7.69. The first kappa shape index (κ1) is 23.3. The van der Waals surface area contributed by atoms with Crippen LogP contribution in [0.3, 0.4) is 0 Å². The van der Waals surface area contributed by atoms with Crippen LogP contribution in [0.15, 0.2) is 53.4 Å². The highest BCUT2D eigenvalue weighted by Gasteiger charge is 2.31. The molecule has 0 radical (unpaired) electrons. The summed E-state index contributed by atoms with van der Waals surface area (Å²) in [5.74, 6) is 0.424. The number of benzene rings is 2. The summed E-state index contributed by atoms with van der Waals surface area (Å²) in [5.41, 5.74) is 2.24. The van der Waals surface area contributed by atoms with Gasteiger partial charge in [0.05, 0.1) is 4.90 Å². The molecular formula is C24H33N3O3S. The van der Waals surface area contributed by atoms with Gasteiger partial charge in [0.25, 0.3) is 5.91 Å². The minimum atomic E-state index is -3.55. The maximum absolute atomic E-state index is 13.0. The van der Waals surface area contributed by atoms with E-state index in [4.69, 9.17) is 0 Å². The first-order valence-electron chi connectivity index (χ1n) is 11.0. The number of nitrogens with one attached hydrogen (secondary N) is 1. The van der Waals surface area contributed by atoms with E-state index in [0.29, 0.717) is 36.2 Å². The van der Waals surface area contributed by atoms with E-state index in [9.17, 15) is 13.2 Å². The van der Waals surface area contributed by atoms with Crippen molar-refractivity contribution in [2.75, 3.05) is 36.4 Å². The molecule has 1 N–H and O–H groups in total. The number of carbonyl (C=O) groups excluding carboxylic acids is 1. The Labute approximate surface area is 186 Å². The fourth-order valence-corrected chi connectivity index (χ4v) is 5.96. The third kappa shape index (κ3) is 5.46. The van der Waals surface area contributed by atoms with Crippen LogP contribution < -0.4 is 10.2 Å². The summed E-state index contributed by atoms with van der Waals surface area (Å²) in [5, 5.41) is 2.88. The molecule has 0 saturated carbocycles. The fraction of sp³-hybridized carbons (Fsp3) is 0.458. The number of anilines is 2. The maximum atomic E-state index is 13.0. The highest BCUT2D eigenvalue weighted by atomic mass is 32.2. The van der Waals surface area contributed by atoms with Gasteiger partial charge in [0.2, 0.25) is 10.0 Å². The molecule has 2 aromatic rings.